The quantitative estimate of drug-likeness (QED) is 0.898. The monoisotopic (exact) mass is 257 g/mol. The summed E-state index contributed by atoms with van der Waals surface area (Å²) >= 11 is 0. The molecule has 1 aliphatic heterocycles. The molecule has 0 aliphatic carbocycles. The minimum atomic E-state index is 0.0937. The summed E-state index contributed by atoms with van der Waals surface area (Å²) in [5.74, 6) is 0. The summed E-state index contributed by atoms with van der Waals surface area (Å²) in [6.45, 7) is 7.51. The zero-order valence-electron chi connectivity index (χ0n) is 11.9. The molecule has 1 N–H and O–H groups in total. The van der Waals surface area contributed by atoms with Crippen LogP contribution in [-0.4, -0.2) is 36.1 Å². The summed E-state index contributed by atoms with van der Waals surface area (Å²) in [6.07, 6.45) is 1.67. The molecule has 0 spiro atoms. The molecule has 19 heavy (non-hydrogen) atoms. The zero-order chi connectivity index (χ0) is 13.7. The molecular formula is C16H23N3. The lowest BCUT2D eigenvalue weighted by Gasteiger charge is -2.43. The molecule has 0 amide bonds. The van der Waals surface area contributed by atoms with Gasteiger partial charge in [-0.15, -0.1) is 0 Å². The standard InChI is InChI=1S/C16H23N3/c1-16(2)13-19(12-15(18-16)8-10-17)11-9-14-6-4-3-5-7-14/h3-7,15,18H,8-9,11-13H2,1-2H3. The molecule has 0 bridgehead atoms. The Morgan fingerprint density at radius 2 is 2.11 bits per heavy atom. The van der Waals surface area contributed by atoms with Crippen LogP contribution in [0, 0.1) is 11.3 Å². The van der Waals surface area contributed by atoms with Crippen LogP contribution in [0.25, 0.3) is 0 Å². The Hall–Kier alpha value is -1.37. The number of nitrogens with zero attached hydrogens (tertiary/aromatic N) is 2. The van der Waals surface area contributed by atoms with Gasteiger partial charge in [0.15, 0.2) is 0 Å². The van der Waals surface area contributed by atoms with E-state index in [1.165, 1.54) is 5.56 Å². The fourth-order valence-corrected chi connectivity index (χ4v) is 2.91. The van der Waals surface area contributed by atoms with E-state index in [2.05, 4.69) is 60.5 Å². The lowest BCUT2D eigenvalue weighted by Crippen LogP contribution is -2.62. The molecule has 0 radical (unpaired) electrons. The van der Waals surface area contributed by atoms with Crippen LogP contribution in [-0.2, 0) is 6.42 Å². The van der Waals surface area contributed by atoms with Crippen molar-refractivity contribution in [3.8, 4) is 6.07 Å². The molecule has 1 atom stereocenters. The van der Waals surface area contributed by atoms with Gasteiger partial charge >= 0.3 is 0 Å². The summed E-state index contributed by atoms with van der Waals surface area (Å²) in [6, 6.07) is 13.2. The molecule has 3 heteroatoms. The normalized spacial score (nSPS) is 22.9. The smallest absolute Gasteiger partial charge is 0.0638 e. The van der Waals surface area contributed by atoms with Crippen molar-refractivity contribution in [2.75, 3.05) is 19.6 Å². The maximum atomic E-state index is 8.87. The topological polar surface area (TPSA) is 39.1 Å². The molecule has 2 rings (SSSR count). The van der Waals surface area contributed by atoms with E-state index in [0.29, 0.717) is 12.5 Å². The van der Waals surface area contributed by atoms with Crippen molar-refractivity contribution < 1.29 is 0 Å². The van der Waals surface area contributed by atoms with E-state index < -0.39 is 0 Å². The van der Waals surface area contributed by atoms with Gasteiger partial charge in [-0.25, -0.2) is 0 Å². The van der Waals surface area contributed by atoms with Gasteiger partial charge in [0.1, 0.15) is 0 Å². The third kappa shape index (κ3) is 4.34. The number of piperazine rings is 1. The van der Waals surface area contributed by atoms with Crippen molar-refractivity contribution in [2.24, 2.45) is 0 Å². The summed E-state index contributed by atoms with van der Waals surface area (Å²) in [5, 5.41) is 12.4. The van der Waals surface area contributed by atoms with E-state index in [1.807, 2.05) is 0 Å². The molecule has 1 aliphatic rings. The van der Waals surface area contributed by atoms with Crippen molar-refractivity contribution in [1.82, 2.24) is 10.2 Å². The molecule has 102 valence electrons. The van der Waals surface area contributed by atoms with Crippen LogP contribution in [0.2, 0.25) is 0 Å². The number of hydrogen-bond acceptors (Lipinski definition) is 3. The van der Waals surface area contributed by atoms with Crippen molar-refractivity contribution in [3.63, 3.8) is 0 Å². The Labute approximate surface area is 116 Å². The fraction of sp³-hybridized carbons (Fsp3) is 0.562. The first-order valence-electron chi connectivity index (χ1n) is 7.00. The number of benzene rings is 1. The molecule has 1 aromatic rings. The van der Waals surface area contributed by atoms with Gasteiger partial charge in [-0.05, 0) is 25.8 Å². The van der Waals surface area contributed by atoms with Crippen LogP contribution in [0.15, 0.2) is 30.3 Å². The maximum absolute atomic E-state index is 8.87. The number of rotatable bonds is 4. The Kier molecular flexibility index (Phi) is 4.57. The highest BCUT2D eigenvalue weighted by molar-refractivity contribution is 5.15. The van der Waals surface area contributed by atoms with Crippen molar-refractivity contribution >= 4 is 0 Å². The molecule has 1 aromatic carbocycles. The van der Waals surface area contributed by atoms with Crippen molar-refractivity contribution in [3.05, 3.63) is 35.9 Å². The summed E-state index contributed by atoms with van der Waals surface area (Å²) in [5.41, 5.74) is 1.48. The SMILES string of the molecule is CC1(C)CN(CCc2ccccc2)CC(CC#N)N1. The van der Waals surface area contributed by atoms with Crippen LogP contribution in [0.5, 0.6) is 0 Å². The molecule has 1 fully saturated rings. The number of hydrogen-bond donors (Lipinski definition) is 1. The lowest BCUT2D eigenvalue weighted by molar-refractivity contribution is 0.120. The number of nitriles is 1. The number of nitrogens with one attached hydrogen (secondary N) is 1. The van der Waals surface area contributed by atoms with Gasteiger partial charge in [0.2, 0.25) is 0 Å². The highest BCUT2D eigenvalue weighted by Crippen LogP contribution is 2.16. The first kappa shape index (κ1) is 14.0. The van der Waals surface area contributed by atoms with E-state index in [-0.39, 0.29) is 5.54 Å². The minimum Gasteiger partial charge on any atom is -0.305 e. The van der Waals surface area contributed by atoms with E-state index >= 15 is 0 Å². The molecule has 1 saturated heterocycles. The highest BCUT2D eigenvalue weighted by Gasteiger charge is 2.31. The fourth-order valence-electron chi connectivity index (χ4n) is 2.91. The predicted octanol–water partition coefficient (Wildman–Crippen LogP) is 2.20. The summed E-state index contributed by atoms with van der Waals surface area (Å²) in [4.78, 5) is 2.48. The van der Waals surface area contributed by atoms with E-state index in [9.17, 15) is 0 Å². The molecule has 1 heterocycles. The van der Waals surface area contributed by atoms with Gasteiger partial charge in [0.25, 0.3) is 0 Å². The lowest BCUT2D eigenvalue weighted by atomic mass is 9.97. The van der Waals surface area contributed by atoms with Gasteiger partial charge in [-0.2, -0.15) is 5.26 Å². The molecule has 0 saturated carbocycles. The Morgan fingerprint density at radius 3 is 2.79 bits per heavy atom. The van der Waals surface area contributed by atoms with E-state index in [4.69, 9.17) is 5.26 Å². The second-order valence-electron chi connectivity index (χ2n) is 6.06. The van der Waals surface area contributed by atoms with Crippen LogP contribution in [0.4, 0.5) is 0 Å². The second-order valence-corrected chi connectivity index (χ2v) is 6.06. The Morgan fingerprint density at radius 1 is 1.37 bits per heavy atom. The average molecular weight is 257 g/mol. The Balaban J connectivity index is 1.90. The summed E-state index contributed by atoms with van der Waals surface area (Å²) in [7, 11) is 0. The minimum absolute atomic E-state index is 0.0937. The molecule has 0 aromatic heterocycles. The van der Waals surface area contributed by atoms with Gasteiger partial charge in [0, 0.05) is 31.2 Å². The molecular weight excluding hydrogens is 234 g/mol. The van der Waals surface area contributed by atoms with Crippen LogP contribution in [0.1, 0.15) is 25.8 Å². The van der Waals surface area contributed by atoms with Crippen molar-refractivity contribution in [1.29, 1.82) is 5.26 Å². The van der Waals surface area contributed by atoms with Crippen LogP contribution < -0.4 is 5.32 Å². The van der Waals surface area contributed by atoms with E-state index in [1.54, 1.807) is 0 Å². The van der Waals surface area contributed by atoms with Crippen molar-refractivity contribution in [2.45, 2.75) is 38.3 Å². The predicted molar refractivity (Wildman–Crippen MR) is 77.8 cm³/mol. The third-order valence-corrected chi connectivity index (χ3v) is 3.59. The van der Waals surface area contributed by atoms with Crippen LogP contribution in [0.3, 0.4) is 0 Å². The van der Waals surface area contributed by atoms with Gasteiger partial charge < -0.3 is 5.32 Å². The van der Waals surface area contributed by atoms with E-state index in [0.717, 1.165) is 26.1 Å². The van der Waals surface area contributed by atoms with Gasteiger partial charge in [0.05, 0.1) is 12.5 Å². The largest absolute Gasteiger partial charge is 0.305 e. The zero-order valence-corrected chi connectivity index (χ0v) is 11.9. The highest BCUT2D eigenvalue weighted by atomic mass is 15.2. The summed E-state index contributed by atoms with van der Waals surface area (Å²) < 4.78 is 0. The first-order valence-corrected chi connectivity index (χ1v) is 7.00. The molecule has 1 unspecified atom stereocenters. The molecule has 3 nitrogen and oxygen atoms in total. The van der Waals surface area contributed by atoms with Gasteiger partial charge in [-0.3, -0.25) is 4.90 Å². The average Bonchev–Trinajstić information content (AvgIpc) is 2.36. The first-order chi connectivity index (χ1) is 9.09. The van der Waals surface area contributed by atoms with Crippen LogP contribution >= 0.6 is 0 Å². The maximum Gasteiger partial charge on any atom is 0.0638 e. The second kappa shape index (κ2) is 6.18. The Bertz CT molecular complexity index is 433. The van der Waals surface area contributed by atoms with Gasteiger partial charge in [-0.1, -0.05) is 30.3 Å². The third-order valence-electron chi connectivity index (χ3n) is 3.59.